The predicted molar refractivity (Wildman–Crippen MR) is 164 cm³/mol. The van der Waals surface area contributed by atoms with E-state index in [1.54, 1.807) is 24.4 Å². The first-order valence-electron chi connectivity index (χ1n) is 13.5. The predicted octanol–water partition coefficient (Wildman–Crippen LogP) is 5.70. The van der Waals surface area contributed by atoms with Crippen LogP contribution in [0.15, 0.2) is 120 Å². The number of hydrogen-bond acceptors (Lipinski definition) is 7. The summed E-state index contributed by atoms with van der Waals surface area (Å²) in [6.45, 7) is 1.43. The molecule has 212 valence electrons. The van der Waals surface area contributed by atoms with Crippen molar-refractivity contribution < 1.29 is 24.2 Å². The largest absolute Gasteiger partial charge is 0.451 e. The van der Waals surface area contributed by atoms with E-state index in [0.717, 1.165) is 11.1 Å². The van der Waals surface area contributed by atoms with Gasteiger partial charge < -0.3 is 14.7 Å². The Bertz CT molecular complexity index is 1560. The number of amides is 2. The van der Waals surface area contributed by atoms with Crippen LogP contribution in [0.5, 0.6) is 0 Å². The zero-order valence-electron chi connectivity index (χ0n) is 22.6. The van der Waals surface area contributed by atoms with Crippen molar-refractivity contribution in [1.82, 2.24) is 4.90 Å². The van der Waals surface area contributed by atoms with Gasteiger partial charge in [0.25, 0.3) is 5.91 Å². The summed E-state index contributed by atoms with van der Waals surface area (Å²) >= 11 is 2.59. The van der Waals surface area contributed by atoms with Crippen molar-refractivity contribution in [2.45, 2.75) is 35.8 Å². The highest BCUT2D eigenvalue weighted by atomic mass is 32.2. The molecule has 1 aromatic heterocycles. The third-order valence-electron chi connectivity index (χ3n) is 7.36. The van der Waals surface area contributed by atoms with E-state index in [9.17, 15) is 19.5 Å². The lowest BCUT2D eigenvalue weighted by molar-refractivity contribution is -0.147. The zero-order chi connectivity index (χ0) is 29.2. The summed E-state index contributed by atoms with van der Waals surface area (Å²) in [6.07, 6.45) is -0.249. The Balaban J connectivity index is 1.36. The molecule has 1 fully saturated rings. The fraction of sp³-hybridized carbons (Fsp3) is 0.182. The average molecular weight is 597 g/mol. The number of anilines is 1. The van der Waals surface area contributed by atoms with Crippen molar-refractivity contribution in [3.05, 3.63) is 137 Å². The van der Waals surface area contributed by atoms with Crippen LogP contribution in [-0.2, 0) is 19.1 Å². The molecule has 0 spiro atoms. The van der Waals surface area contributed by atoms with Gasteiger partial charge >= 0.3 is 5.97 Å². The number of thiophene rings is 1. The number of ether oxygens (including phenoxy) is 1. The van der Waals surface area contributed by atoms with Gasteiger partial charge in [-0.2, -0.15) is 0 Å². The van der Waals surface area contributed by atoms with Crippen molar-refractivity contribution in [3.8, 4) is 0 Å². The molecule has 3 aromatic carbocycles. The fourth-order valence-corrected chi connectivity index (χ4v) is 7.61. The van der Waals surface area contributed by atoms with Crippen molar-refractivity contribution >= 4 is 45.9 Å². The van der Waals surface area contributed by atoms with Crippen LogP contribution in [0, 0.1) is 0 Å². The molecule has 6 rings (SSSR count). The number of nitrogens with zero attached hydrogens (tertiary/aromatic N) is 2. The molecule has 4 atom stereocenters. The minimum absolute atomic E-state index is 0.262. The number of aliphatic hydroxyl groups excluding tert-OH is 1. The molecular formula is C33H28N2O5S2. The van der Waals surface area contributed by atoms with Gasteiger partial charge in [-0.05, 0) is 34.2 Å². The highest BCUT2D eigenvalue weighted by molar-refractivity contribution is 8.01. The molecule has 2 aliphatic heterocycles. The second kappa shape index (κ2) is 12.0. The van der Waals surface area contributed by atoms with Crippen molar-refractivity contribution in [3.63, 3.8) is 0 Å². The lowest BCUT2D eigenvalue weighted by Crippen LogP contribution is -2.70. The van der Waals surface area contributed by atoms with E-state index >= 15 is 0 Å². The minimum atomic E-state index is -1.14. The SMILES string of the molecule is CC(=O)N(c1cccs1)C1C(=O)N2C=C(C(O)c3ccccc3)C(C(=O)OC(c3ccccc3)c3ccccc3)S[C@H]12. The maximum absolute atomic E-state index is 14.1. The number of rotatable bonds is 8. The zero-order valence-corrected chi connectivity index (χ0v) is 24.3. The van der Waals surface area contributed by atoms with Crippen LogP contribution < -0.4 is 4.90 Å². The van der Waals surface area contributed by atoms with Crippen LogP contribution >= 0.6 is 23.1 Å². The van der Waals surface area contributed by atoms with Gasteiger partial charge in [-0.1, -0.05) is 91.0 Å². The van der Waals surface area contributed by atoms with E-state index in [-0.39, 0.29) is 11.8 Å². The van der Waals surface area contributed by atoms with Crippen LogP contribution in [0.1, 0.15) is 35.8 Å². The van der Waals surface area contributed by atoms with Crippen molar-refractivity contribution in [2.24, 2.45) is 0 Å². The fourth-order valence-electron chi connectivity index (χ4n) is 5.32. The highest BCUT2D eigenvalue weighted by Gasteiger charge is 2.56. The summed E-state index contributed by atoms with van der Waals surface area (Å²) in [6, 6.07) is 30.8. The molecule has 0 aliphatic carbocycles. The number of carbonyl (C=O) groups is 3. The molecule has 1 N–H and O–H groups in total. The molecule has 0 bridgehead atoms. The maximum Gasteiger partial charge on any atom is 0.324 e. The molecule has 0 radical (unpaired) electrons. The lowest BCUT2D eigenvalue weighted by Gasteiger charge is -2.52. The third kappa shape index (κ3) is 5.27. The highest BCUT2D eigenvalue weighted by Crippen LogP contribution is 2.47. The second-order valence-corrected chi connectivity index (χ2v) is 12.2. The Morgan fingerprint density at radius 1 is 0.857 bits per heavy atom. The number of aliphatic hydroxyl groups is 1. The maximum atomic E-state index is 14.1. The molecule has 1 saturated heterocycles. The van der Waals surface area contributed by atoms with E-state index in [0.29, 0.717) is 16.1 Å². The van der Waals surface area contributed by atoms with Gasteiger partial charge in [0, 0.05) is 18.7 Å². The van der Waals surface area contributed by atoms with Crippen molar-refractivity contribution in [1.29, 1.82) is 0 Å². The molecule has 3 unspecified atom stereocenters. The van der Waals surface area contributed by atoms with Gasteiger partial charge in [0.2, 0.25) is 5.91 Å². The number of β-lactam (4-membered cyclic amide) rings is 1. The molecular weight excluding hydrogens is 569 g/mol. The molecule has 4 aromatic rings. The van der Waals surface area contributed by atoms with Gasteiger partial charge in [-0.25, -0.2) is 0 Å². The van der Waals surface area contributed by atoms with Gasteiger partial charge in [-0.3, -0.25) is 19.3 Å². The third-order valence-corrected chi connectivity index (χ3v) is 9.73. The summed E-state index contributed by atoms with van der Waals surface area (Å²) in [4.78, 5) is 43.3. The Labute approximate surface area is 252 Å². The molecule has 9 heteroatoms. The normalized spacial score (nSPS) is 20.3. The van der Waals surface area contributed by atoms with Crippen LogP contribution in [-0.4, -0.2) is 44.5 Å². The van der Waals surface area contributed by atoms with Gasteiger partial charge in [-0.15, -0.1) is 23.1 Å². The van der Waals surface area contributed by atoms with E-state index < -0.39 is 34.8 Å². The monoisotopic (exact) mass is 596 g/mol. The topological polar surface area (TPSA) is 87.2 Å². The molecule has 2 aliphatic rings. The van der Waals surface area contributed by atoms with Gasteiger partial charge in [0.1, 0.15) is 22.8 Å². The summed E-state index contributed by atoms with van der Waals surface area (Å²) < 4.78 is 6.23. The van der Waals surface area contributed by atoms with Crippen LogP contribution in [0.4, 0.5) is 5.00 Å². The molecule has 0 saturated carbocycles. The van der Waals surface area contributed by atoms with E-state index in [1.165, 1.54) is 39.8 Å². The number of benzene rings is 3. The van der Waals surface area contributed by atoms with Gasteiger partial charge in [0.05, 0.1) is 5.00 Å². The summed E-state index contributed by atoms with van der Waals surface area (Å²) in [5, 5.41) is 12.5. The first kappa shape index (κ1) is 28.0. The molecule has 3 heterocycles. The van der Waals surface area contributed by atoms with E-state index in [1.807, 2.05) is 90.3 Å². The summed E-state index contributed by atoms with van der Waals surface area (Å²) in [5.74, 6) is -1.07. The Morgan fingerprint density at radius 2 is 1.43 bits per heavy atom. The Morgan fingerprint density at radius 3 is 1.95 bits per heavy atom. The number of esters is 1. The number of hydrogen-bond donors (Lipinski definition) is 1. The van der Waals surface area contributed by atoms with Crippen LogP contribution in [0.3, 0.4) is 0 Å². The van der Waals surface area contributed by atoms with Crippen molar-refractivity contribution in [2.75, 3.05) is 4.90 Å². The number of carbonyl (C=O) groups excluding carboxylic acids is 3. The van der Waals surface area contributed by atoms with E-state index in [4.69, 9.17) is 4.74 Å². The molecule has 42 heavy (non-hydrogen) atoms. The van der Waals surface area contributed by atoms with Crippen LogP contribution in [0.2, 0.25) is 0 Å². The average Bonchev–Trinajstić information content (AvgIpc) is 3.57. The smallest absolute Gasteiger partial charge is 0.324 e. The van der Waals surface area contributed by atoms with E-state index in [2.05, 4.69) is 0 Å². The first-order chi connectivity index (χ1) is 20.4. The van der Waals surface area contributed by atoms with Gasteiger partial charge in [0.15, 0.2) is 6.10 Å². The number of thioether (sulfide) groups is 1. The molecule has 7 nitrogen and oxygen atoms in total. The number of fused-ring (bicyclic) bond motifs is 1. The quantitative estimate of drug-likeness (QED) is 0.207. The van der Waals surface area contributed by atoms with Crippen LogP contribution in [0.25, 0.3) is 0 Å². The summed E-state index contributed by atoms with van der Waals surface area (Å²) in [7, 11) is 0. The standard InChI is InChI=1S/C33H28N2O5S2/c1-21(36)35(26-18-11-19-41-26)27-31(38)34-20-25(28(37)22-12-5-2-6-13-22)30(42-32(27)34)33(39)40-29(23-14-7-3-8-15-23)24-16-9-4-10-17-24/h2-20,27-30,32,37H,1H3/t27?,28?,30?,32-/m1/s1. The first-order valence-corrected chi connectivity index (χ1v) is 15.3. The lowest BCUT2D eigenvalue weighted by atomic mass is 9.96. The second-order valence-electron chi connectivity index (χ2n) is 10.0. The Hall–Kier alpha value is -4.18. The summed E-state index contributed by atoms with van der Waals surface area (Å²) in [5.41, 5.74) is 2.57. The molecule has 2 amide bonds. The Kier molecular flexibility index (Phi) is 7.97. The minimum Gasteiger partial charge on any atom is -0.451 e.